The van der Waals surface area contributed by atoms with E-state index in [0.717, 1.165) is 24.9 Å². The summed E-state index contributed by atoms with van der Waals surface area (Å²) in [6.45, 7) is 1.08. The van der Waals surface area contributed by atoms with Crippen molar-refractivity contribution in [2.45, 2.75) is 18.9 Å². The Morgan fingerprint density at radius 1 is 1.50 bits per heavy atom. The summed E-state index contributed by atoms with van der Waals surface area (Å²) in [5.41, 5.74) is 14.2. The van der Waals surface area contributed by atoms with Crippen molar-refractivity contribution >= 4 is 11.6 Å². The molecule has 1 atom stereocenters. The number of primary amides is 1. The molecule has 0 aliphatic carbocycles. The Morgan fingerprint density at radius 3 is 2.94 bits per heavy atom. The average Bonchev–Trinajstić information content (AvgIpc) is 2.28. The van der Waals surface area contributed by atoms with Crippen LogP contribution in [-0.4, -0.2) is 19.5 Å². The summed E-state index contributed by atoms with van der Waals surface area (Å²) in [6, 6.07) is 5.21. The monoisotopic (exact) mass is 219 g/mol. The normalized spacial score (nSPS) is 16.8. The van der Waals surface area contributed by atoms with Gasteiger partial charge >= 0.3 is 0 Å². The Labute approximate surface area is 95.2 Å². The van der Waals surface area contributed by atoms with Crippen LogP contribution in [-0.2, 0) is 11.2 Å². The van der Waals surface area contributed by atoms with Gasteiger partial charge in [0, 0.05) is 19.3 Å². The van der Waals surface area contributed by atoms with Crippen LogP contribution in [0.1, 0.15) is 23.6 Å². The van der Waals surface area contributed by atoms with Gasteiger partial charge in [0.1, 0.15) is 6.04 Å². The summed E-state index contributed by atoms with van der Waals surface area (Å²) >= 11 is 0. The van der Waals surface area contributed by atoms with Crippen molar-refractivity contribution in [2.75, 3.05) is 18.5 Å². The van der Waals surface area contributed by atoms with Crippen molar-refractivity contribution < 1.29 is 4.79 Å². The number of hydrogen-bond acceptors (Lipinski definition) is 3. The van der Waals surface area contributed by atoms with Gasteiger partial charge in [-0.25, -0.2) is 0 Å². The number of fused-ring (bicyclic) bond motifs is 1. The van der Waals surface area contributed by atoms with E-state index in [-0.39, 0.29) is 0 Å². The molecule has 0 bridgehead atoms. The van der Waals surface area contributed by atoms with E-state index in [1.807, 2.05) is 18.2 Å². The lowest BCUT2D eigenvalue weighted by atomic mass is 9.97. The molecule has 16 heavy (non-hydrogen) atoms. The molecule has 2 rings (SSSR count). The fourth-order valence-electron chi connectivity index (χ4n) is 2.16. The molecule has 0 saturated carbocycles. The van der Waals surface area contributed by atoms with Crippen LogP contribution in [0, 0.1) is 0 Å². The van der Waals surface area contributed by atoms with E-state index in [0.29, 0.717) is 0 Å². The highest BCUT2D eigenvalue weighted by Gasteiger charge is 2.17. The van der Waals surface area contributed by atoms with E-state index in [9.17, 15) is 4.79 Å². The van der Waals surface area contributed by atoms with Gasteiger partial charge in [0.25, 0.3) is 0 Å². The predicted octanol–water partition coefficient (Wildman–Crippen LogP) is 0.554. The molecular weight excluding hydrogens is 202 g/mol. The second-order valence-electron chi connectivity index (χ2n) is 4.29. The summed E-state index contributed by atoms with van der Waals surface area (Å²) in [7, 11) is 2.08. The van der Waals surface area contributed by atoms with Crippen LogP contribution in [0.15, 0.2) is 18.2 Å². The molecule has 1 unspecified atom stereocenters. The third-order valence-corrected chi connectivity index (χ3v) is 3.12. The maximum absolute atomic E-state index is 11.0. The first-order chi connectivity index (χ1) is 7.59. The van der Waals surface area contributed by atoms with Gasteiger partial charge in [-0.15, -0.1) is 0 Å². The Balaban J connectivity index is 2.35. The lowest BCUT2D eigenvalue weighted by Gasteiger charge is -2.28. The maximum Gasteiger partial charge on any atom is 0.238 e. The maximum atomic E-state index is 11.0. The molecule has 1 aromatic carbocycles. The predicted molar refractivity (Wildman–Crippen MR) is 64.2 cm³/mol. The summed E-state index contributed by atoms with van der Waals surface area (Å²) in [4.78, 5) is 13.2. The van der Waals surface area contributed by atoms with Crippen molar-refractivity contribution in [1.29, 1.82) is 0 Å². The highest BCUT2D eigenvalue weighted by Crippen LogP contribution is 2.28. The average molecular weight is 219 g/mol. The molecule has 0 saturated heterocycles. The second-order valence-corrected chi connectivity index (χ2v) is 4.29. The van der Waals surface area contributed by atoms with Gasteiger partial charge in [0.2, 0.25) is 5.91 Å². The van der Waals surface area contributed by atoms with Gasteiger partial charge < -0.3 is 16.4 Å². The lowest BCUT2D eigenvalue weighted by Crippen LogP contribution is -2.29. The number of benzene rings is 1. The largest absolute Gasteiger partial charge is 0.374 e. The minimum Gasteiger partial charge on any atom is -0.374 e. The number of aryl methyl sites for hydroxylation is 1. The smallest absolute Gasteiger partial charge is 0.238 e. The van der Waals surface area contributed by atoms with E-state index in [1.165, 1.54) is 11.3 Å². The highest BCUT2D eigenvalue weighted by atomic mass is 16.1. The number of hydrogen-bond donors (Lipinski definition) is 2. The first-order valence-corrected chi connectivity index (χ1v) is 5.48. The van der Waals surface area contributed by atoms with Crippen molar-refractivity contribution in [2.24, 2.45) is 11.5 Å². The van der Waals surface area contributed by atoms with Gasteiger partial charge in [-0.3, -0.25) is 4.79 Å². The van der Waals surface area contributed by atoms with Crippen molar-refractivity contribution in [1.82, 2.24) is 0 Å². The molecule has 1 aromatic rings. The molecule has 0 spiro atoms. The van der Waals surface area contributed by atoms with Crippen molar-refractivity contribution in [3.63, 3.8) is 0 Å². The molecule has 86 valence electrons. The summed E-state index contributed by atoms with van der Waals surface area (Å²) < 4.78 is 0. The number of anilines is 1. The van der Waals surface area contributed by atoms with E-state index >= 15 is 0 Å². The Morgan fingerprint density at radius 2 is 2.25 bits per heavy atom. The molecule has 4 nitrogen and oxygen atoms in total. The van der Waals surface area contributed by atoms with Crippen LogP contribution in [0.2, 0.25) is 0 Å². The van der Waals surface area contributed by atoms with Gasteiger partial charge in [0.15, 0.2) is 0 Å². The molecule has 0 aromatic heterocycles. The van der Waals surface area contributed by atoms with Gasteiger partial charge in [-0.1, -0.05) is 12.1 Å². The molecule has 4 N–H and O–H groups in total. The van der Waals surface area contributed by atoms with E-state index < -0.39 is 11.9 Å². The summed E-state index contributed by atoms with van der Waals surface area (Å²) in [5.74, 6) is -0.482. The first kappa shape index (κ1) is 11.0. The van der Waals surface area contributed by atoms with Gasteiger partial charge in [0.05, 0.1) is 0 Å². The first-order valence-electron chi connectivity index (χ1n) is 5.48. The summed E-state index contributed by atoms with van der Waals surface area (Å²) in [6.07, 6.45) is 2.18. The van der Waals surface area contributed by atoms with E-state index in [4.69, 9.17) is 11.5 Å². The molecule has 0 fully saturated rings. The fraction of sp³-hybridized carbons (Fsp3) is 0.417. The number of rotatable bonds is 2. The van der Waals surface area contributed by atoms with Gasteiger partial charge in [-0.05, 0) is 30.0 Å². The second kappa shape index (κ2) is 4.14. The molecule has 1 amide bonds. The van der Waals surface area contributed by atoms with Crippen LogP contribution in [0.4, 0.5) is 5.69 Å². The van der Waals surface area contributed by atoms with E-state index in [2.05, 4.69) is 11.9 Å². The van der Waals surface area contributed by atoms with Crippen molar-refractivity contribution in [3.8, 4) is 0 Å². The highest BCUT2D eigenvalue weighted by molar-refractivity contribution is 5.81. The lowest BCUT2D eigenvalue weighted by molar-refractivity contribution is -0.119. The van der Waals surface area contributed by atoms with Crippen LogP contribution >= 0.6 is 0 Å². The Bertz CT molecular complexity index is 417. The van der Waals surface area contributed by atoms with E-state index in [1.54, 1.807) is 0 Å². The van der Waals surface area contributed by atoms with Crippen molar-refractivity contribution in [3.05, 3.63) is 29.3 Å². The minimum absolute atomic E-state index is 0.482. The van der Waals surface area contributed by atoms with Crippen LogP contribution in [0.3, 0.4) is 0 Å². The Hall–Kier alpha value is -1.55. The SMILES string of the molecule is CN1CCCc2cc(C(N)C(N)=O)ccc21. The zero-order chi connectivity index (χ0) is 11.7. The third-order valence-electron chi connectivity index (χ3n) is 3.12. The number of nitrogens with zero attached hydrogens (tertiary/aromatic N) is 1. The molecule has 1 heterocycles. The molecule has 0 radical (unpaired) electrons. The van der Waals surface area contributed by atoms with Crippen LogP contribution < -0.4 is 16.4 Å². The standard InChI is InChI=1S/C12H17N3O/c1-15-6-2-3-8-7-9(4-5-10(8)15)11(13)12(14)16/h4-5,7,11H,2-3,6,13H2,1H3,(H2,14,16). The molecular formula is C12H17N3O. The number of carbonyl (C=O) groups is 1. The Kier molecular flexibility index (Phi) is 2.83. The minimum atomic E-state index is -0.697. The molecule has 4 heteroatoms. The molecule has 1 aliphatic rings. The van der Waals surface area contributed by atoms with Crippen LogP contribution in [0.25, 0.3) is 0 Å². The van der Waals surface area contributed by atoms with Gasteiger partial charge in [-0.2, -0.15) is 0 Å². The zero-order valence-corrected chi connectivity index (χ0v) is 9.44. The van der Waals surface area contributed by atoms with Crippen LogP contribution in [0.5, 0.6) is 0 Å². The zero-order valence-electron chi connectivity index (χ0n) is 9.44. The summed E-state index contributed by atoms with van der Waals surface area (Å²) in [5, 5.41) is 0. The number of carbonyl (C=O) groups excluding carboxylic acids is 1. The topological polar surface area (TPSA) is 72.3 Å². The molecule has 1 aliphatic heterocycles. The quantitative estimate of drug-likeness (QED) is 0.763. The number of amides is 1. The number of nitrogens with two attached hydrogens (primary N) is 2. The third kappa shape index (κ3) is 1.88. The fourth-order valence-corrected chi connectivity index (χ4v) is 2.16.